The van der Waals surface area contributed by atoms with E-state index in [0.717, 1.165) is 13.0 Å². The fraction of sp³-hybridized carbons (Fsp3) is 0.667. The van der Waals surface area contributed by atoms with Crippen LogP contribution in [0, 0.1) is 12.3 Å². The molecule has 0 bridgehead atoms. The van der Waals surface area contributed by atoms with Crippen molar-refractivity contribution in [2.24, 2.45) is 0 Å². The first kappa shape index (κ1) is 5.61. The fourth-order valence-electron chi connectivity index (χ4n) is 0.680. The van der Waals surface area contributed by atoms with Crippen molar-refractivity contribution in [1.29, 1.82) is 0 Å². The molecule has 1 aliphatic rings. The normalized spacial score (nSPS) is 29.1. The van der Waals surface area contributed by atoms with Gasteiger partial charge in [-0.2, -0.15) is 0 Å². The highest BCUT2D eigenvalue weighted by Crippen LogP contribution is 1.98. The highest BCUT2D eigenvalue weighted by Gasteiger charge is 2.07. The van der Waals surface area contributed by atoms with Crippen molar-refractivity contribution in [3.05, 3.63) is 0 Å². The number of hydrogen-bond donors (Lipinski definition) is 1. The summed E-state index contributed by atoms with van der Waals surface area (Å²) in [5.41, 5.74) is 0. The Morgan fingerprint density at radius 2 is 2.62 bits per heavy atom. The molecule has 1 N–H and O–H groups in total. The van der Waals surface area contributed by atoms with Crippen LogP contribution in [-0.2, 0) is 4.74 Å². The van der Waals surface area contributed by atoms with E-state index in [2.05, 4.69) is 11.2 Å². The van der Waals surface area contributed by atoms with Gasteiger partial charge >= 0.3 is 0 Å². The maximum atomic E-state index is 5.10. The zero-order valence-electron chi connectivity index (χ0n) is 4.68. The maximum Gasteiger partial charge on any atom is 0.120 e. The summed E-state index contributed by atoms with van der Waals surface area (Å²) in [6, 6.07) is 0. The van der Waals surface area contributed by atoms with Crippen molar-refractivity contribution in [3.63, 3.8) is 0 Å². The van der Waals surface area contributed by atoms with Gasteiger partial charge in [-0.05, 0) is 6.42 Å². The van der Waals surface area contributed by atoms with Crippen LogP contribution in [0.4, 0.5) is 0 Å². The van der Waals surface area contributed by atoms with Gasteiger partial charge in [0.1, 0.15) is 6.10 Å². The lowest BCUT2D eigenvalue weighted by atomic mass is 10.2. The number of terminal acetylenes is 1. The molecular weight excluding hydrogens is 102 g/mol. The Labute approximate surface area is 49.2 Å². The summed E-state index contributed by atoms with van der Waals surface area (Å²) in [5, 5.41) is 3.03. The van der Waals surface area contributed by atoms with E-state index >= 15 is 0 Å². The van der Waals surface area contributed by atoms with Crippen LogP contribution in [0.5, 0.6) is 0 Å². The summed E-state index contributed by atoms with van der Waals surface area (Å²) in [7, 11) is 0. The van der Waals surface area contributed by atoms with Gasteiger partial charge in [0.15, 0.2) is 0 Å². The molecule has 2 heteroatoms. The maximum absolute atomic E-state index is 5.10. The molecule has 0 saturated carbocycles. The van der Waals surface area contributed by atoms with Crippen molar-refractivity contribution in [2.75, 3.05) is 13.3 Å². The van der Waals surface area contributed by atoms with Crippen LogP contribution in [0.25, 0.3) is 0 Å². The van der Waals surface area contributed by atoms with Crippen molar-refractivity contribution in [2.45, 2.75) is 12.5 Å². The molecule has 0 aromatic carbocycles. The lowest BCUT2D eigenvalue weighted by Gasteiger charge is -2.17. The molecule has 8 heavy (non-hydrogen) atoms. The molecular formula is C6H9NO. The first-order valence-electron chi connectivity index (χ1n) is 2.72. The predicted octanol–water partition coefficient (Wildman–Crippen LogP) is -0.0444. The minimum absolute atomic E-state index is 0.0521. The van der Waals surface area contributed by atoms with Gasteiger partial charge in [0.05, 0.1) is 6.73 Å². The van der Waals surface area contributed by atoms with Gasteiger partial charge in [-0.25, -0.2) is 0 Å². The van der Waals surface area contributed by atoms with E-state index in [0.29, 0.717) is 6.73 Å². The van der Waals surface area contributed by atoms with E-state index in [1.807, 2.05) is 0 Å². The molecule has 0 spiro atoms. The smallest absolute Gasteiger partial charge is 0.120 e. The van der Waals surface area contributed by atoms with Gasteiger partial charge in [-0.3, -0.25) is 5.32 Å². The predicted molar refractivity (Wildman–Crippen MR) is 31.2 cm³/mol. The van der Waals surface area contributed by atoms with E-state index < -0.39 is 0 Å². The first-order chi connectivity index (χ1) is 3.93. The van der Waals surface area contributed by atoms with Gasteiger partial charge in [0.2, 0.25) is 0 Å². The van der Waals surface area contributed by atoms with Crippen molar-refractivity contribution in [1.82, 2.24) is 5.32 Å². The van der Waals surface area contributed by atoms with Gasteiger partial charge in [0.25, 0.3) is 0 Å². The molecule has 1 heterocycles. The number of hydrogen-bond acceptors (Lipinski definition) is 2. The molecule has 2 nitrogen and oxygen atoms in total. The monoisotopic (exact) mass is 111 g/mol. The summed E-state index contributed by atoms with van der Waals surface area (Å²) in [6.45, 7) is 1.59. The van der Waals surface area contributed by atoms with Crippen molar-refractivity contribution >= 4 is 0 Å². The van der Waals surface area contributed by atoms with E-state index in [9.17, 15) is 0 Å². The first-order valence-corrected chi connectivity index (χ1v) is 2.72. The van der Waals surface area contributed by atoms with Crippen LogP contribution < -0.4 is 5.32 Å². The van der Waals surface area contributed by atoms with E-state index in [1.165, 1.54) is 0 Å². The molecule has 0 radical (unpaired) electrons. The topological polar surface area (TPSA) is 21.3 Å². The average Bonchev–Trinajstić information content (AvgIpc) is 1.90. The van der Waals surface area contributed by atoms with Crippen molar-refractivity contribution in [3.8, 4) is 12.3 Å². The van der Waals surface area contributed by atoms with E-state index in [1.54, 1.807) is 0 Å². The second-order valence-corrected chi connectivity index (χ2v) is 1.75. The summed E-state index contributed by atoms with van der Waals surface area (Å²) >= 11 is 0. The fourth-order valence-corrected chi connectivity index (χ4v) is 0.680. The Balaban J connectivity index is 2.25. The highest BCUT2D eigenvalue weighted by molar-refractivity contribution is 4.95. The van der Waals surface area contributed by atoms with Crippen LogP contribution in [0.2, 0.25) is 0 Å². The molecule has 0 amide bonds. The third-order valence-electron chi connectivity index (χ3n) is 1.16. The summed E-state index contributed by atoms with van der Waals surface area (Å²) in [4.78, 5) is 0. The molecule has 1 saturated heterocycles. The lowest BCUT2D eigenvalue weighted by molar-refractivity contribution is 0.0424. The van der Waals surface area contributed by atoms with Crippen LogP contribution in [0.3, 0.4) is 0 Å². The second kappa shape index (κ2) is 2.71. The SMILES string of the molecule is C#CC1CCNCO1. The summed E-state index contributed by atoms with van der Waals surface area (Å²) in [5.74, 6) is 2.54. The summed E-state index contributed by atoms with van der Waals surface area (Å²) in [6.07, 6.45) is 6.09. The quantitative estimate of drug-likeness (QED) is 0.443. The standard InChI is InChI=1S/C6H9NO/c1-2-6-3-4-7-5-8-6/h1,6-7H,3-5H2. The van der Waals surface area contributed by atoms with E-state index in [-0.39, 0.29) is 6.10 Å². The summed E-state index contributed by atoms with van der Waals surface area (Å²) < 4.78 is 5.08. The van der Waals surface area contributed by atoms with Crippen LogP contribution >= 0.6 is 0 Å². The minimum Gasteiger partial charge on any atom is -0.350 e. The van der Waals surface area contributed by atoms with Gasteiger partial charge in [-0.1, -0.05) is 5.92 Å². The van der Waals surface area contributed by atoms with Gasteiger partial charge in [0, 0.05) is 6.54 Å². The minimum atomic E-state index is 0.0521. The molecule has 1 atom stereocenters. The Kier molecular flexibility index (Phi) is 1.90. The number of ether oxygens (including phenoxy) is 1. The third-order valence-corrected chi connectivity index (χ3v) is 1.16. The molecule has 1 unspecified atom stereocenters. The second-order valence-electron chi connectivity index (χ2n) is 1.75. The molecule has 44 valence electrons. The number of nitrogens with one attached hydrogen (secondary N) is 1. The Bertz CT molecular complexity index is 99.6. The number of rotatable bonds is 0. The largest absolute Gasteiger partial charge is 0.350 e. The van der Waals surface area contributed by atoms with Crippen molar-refractivity contribution < 1.29 is 4.74 Å². The van der Waals surface area contributed by atoms with Crippen LogP contribution in [-0.4, -0.2) is 19.4 Å². The van der Waals surface area contributed by atoms with Crippen LogP contribution in [0.15, 0.2) is 0 Å². The zero-order chi connectivity index (χ0) is 5.82. The Hall–Kier alpha value is -0.520. The van der Waals surface area contributed by atoms with E-state index in [4.69, 9.17) is 11.2 Å². The lowest BCUT2D eigenvalue weighted by Crippen LogP contribution is -2.32. The molecule has 0 aromatic rings. The van der Waals surface area contributed by atoms with Gasteiger partial charge in [-0.15, -0.1) is 6.42 Å². The zero-order valence-corrected chi connectivity index (χ0v) is 4.68. The Morgan fingerprint density at radius 3 is 3.00 bits per heavy atom. The molecule has 0 aliphatic carbocycles. The molecule has 1 aliphatic heterocycles. The Morgan fingerprint density at radius 1 is 1.75 bits per heavy atom. The van der Waals surface area contributed by atoms with Gasteiger partial charge < -0.3 is 4.74 Å². The molecule has 0 aromatic heterocycles. The molecule has 1 rings (SSSR count). The van der Waals surface area contributed by atoms with Crippen LogP contribution in [0.1, 0.15) is 6.42 Å². The highest BCUT2D eigenvalue weighted by atomic mass is 16.5. The molecule has 1 fully saturated rings. The third kappa shape index (κ3) is 1.22. The average molecular weight is 111 g/mol.